The molecule has 0 aliphatic rings. The van der Waals surface area contributed by atoms with E-state index in [4.69, 9.17) is 4.74 Å². The van der Waals surface area contributed by atoms with Gasteiger partial charge < -0.3 is 9.64 Å². The van der Waals surface area contributed by atoms with Crippen LogP contribution in [0.3, 0.4) is 0 Å². The summed E-state index contributed by atoms with van der Waals surface area (Å²) in [6.07, 6.45) is 1.65. The van der Waals surface area contributed by atoms with Crippen LogP contribution in [0.4, 0.5) is 0 Å². The van der Waals surface area contributed by atoms with Crippen LogP contribution in [0.2, 0.25) is 0 Å². The summed E-state index contributed by atoms with van der Waals surface area (Å²) in [6, 6.07) is 3.52. The second-order valence-corrected chi connectivity index (χ2v) is 3.74. The molecule has 0 saturated carbocycles. The van der Waals surface area contributed by atoms with Crippen molar-refractivity contribution < 1.29 is 9.53 Å². The molecule has 0 spiro atoms. The van der Waals surface area contributed by atoms with E-state index in [-0.39, 0.29) is 12.5 Å². The second-order valence-electron chi connectivity index (χ2n) is 2.99. The van der Waals surface area contributed by atoms with Gasteiger partial charge in [0.1, 0.15) is 4.60 Å². The molecular weight excluding hydrogens is 260 g/mol. The molecule has 1 aromatic rings. The number of halogens is 1. The van der Waals surface area contributed by atoms with E-state index in [2.05, 4.69) is 20.9 Å². The zero-order valence-corrected chi connectivity index (χ0v) is 10.3. The summed E-state index contributed by atoms with van der Waals surface area (Å²) < 4.78 is 5.93. The van der Waals surface area contributed by atoms with Gasteiger partial charge in [-0.05, 0) is 35.0 Å². The summed E-state index contributed by atoms with van der Waals surface area (Å²) in [5, 5.41) is 0. The summed E-state index contributed by atoms with van der Waals surface area (Å²) in [5.41, 5.74) is 0. The first-order valence-corrected chi connectivity index (χ1v) is 5.41. The van der Waals surface area contributed by atoms with E-state index in [9.17, 15) is 4.79 Å². The van der Waals surface area contributed by atoms with Gasteiger partial charge in [-0.1, -0.05) is 0 Å². The summed E-state index contributed by atoms with van der Waals surface area (Å²) in [4.78, 5) is 17.0. The van der Waals surface area contributed by atoms with Crippen molar-refractivity contribution >= 4 is 21.8 Å². The number of rotatable bonds is 4. The molecule has 15 heavy (non-hydrogen) atoms. The molecule has 1 rings (SSSR count). The Morgan fingerprint density at radius 2 is 2.40 bits per heavy atom. The molecule has 0 fully saturated rings. The highest BCUT2D eigenvalue weighted by molar-refractivity contribution is 9.10. The van der Waals surface area contributed by atoms with Gasteiger partial charge in [0.25, 0.3) is 5.91 Å². The van der Waals surface area contributed by atoms with Crippen molar-refractivity contribution in [2.75, 3.05) is 20.2 Å². The number of carbonyl (C=O) groups excluding carboxylic acids is 1. The molecule has 0 saturated heterocycles. The standard InChI is InChI=1S/C10H13BrN2O2/c1-3-13(2)9(14)7-15-8-5-4-6-12-10(8)11/h4-6H,3,7H2,1-2H3. The van der Waals surface area contributed by atoms with E-state index in [0.717, 1.165) is 0 Å². The molecule has 0 aromatic carbocycles. The molecule has 0 atom stereocenters. The molecule has 0 aliphatic heterocycles. The lowest BCUT2D eigenvalue weighted by atomic mass is 10.4. The first kappa shape index (κ1) is 12.0. The van der Waals surface area contributed by atoms with Gasteiger partial charge in [0, 0.05) is 19.8 Å². The molecular formula is C10H13BrN2O2. The van der Waals surface area contributed by atoms with E-state index in [0.29, 0.717) is 16.9 Å². The summed E-state index contributed by atoms with van der Waals surface area (Å²) in [6.45, 7) is 2.63. The van der Waals surface area contributed by atoms with Crippen molar-refractivity contribution in [1.82, 2.24) is 9.88 Å². The Balaban J connectivity index is 2.51. The number of hydrogen-bond acceptors (Lipinski definition) is 3. The Morgan fingerprint density at radius 1 is 1.67 bits per heavy atom. The first-order chi connectivity index (χ1) is 7.15. The third-order valence-electron chi connectivity index (χ3n) is 1.98. The van der Waals surface area contributed by atoms with E-state index in [1.165, 1.54) is 0 Å². The van der Waals surface area contributed by atoms with Crippen LogP contribution in [0.15, 0.2) is 22.9 Å². The minimum Gasteiger partial charge on any atom is -0.481 e. The molecule has 0 bridgehead atoms. The molecule has 0 radical (unpaired) electrons. The zero-order chi connectivity index (χ0) is 11.3. The molecule has 1 heterocycles. The third kappa shape index (κ3) is 3.51. The van der Waals surface area contributed by atoms with E-state index < -0.39 is 0 Å². The Kier molecular flexibility index (Phi) is 4.55. The molecule has 0 N–H and O–H groups in total. The van der Waals surface area contributed by atoms with Crippen LogP contribution in [0.25, 0.3) is 0 Å². The predicted molar refractivity (Wildman–Crippen MR) is 60.7 cm³/mol. The van der Waals surface area contributed by atoms with Gasteiger partial charge in [-0.15, -0.1) is 0 Å². The van der Waals surface area contributed by atoms with Crippen LogP contribution in [-0.4, -0.2) is 36.0 Å². The maximum Gasteiger partial charge on any atom is 0.260 e. The maximum absolute atomic E-state index is 11.4. The van der Waals surface area contributed by atoms with Gasteiger partial charge in [0.2, 0.25) is 0 Å². The average molecular weight is 273 g/mol. The highest BCUT2D eigenvalue weighted by Gasteiger charge is 2.08. The van der Waals surface area contributed by atoms with Gasteiger partial charge >= 0.3 is 0 Å². The quantitative estimate of drug-likeness (QED) is 0.784. The minimum atomic E-state index is -0.0479. The fourth-order valence-electron chi connectivity index (χ4n) is 0.905. The number of ether oxygens (including phenoxy) is 1. The number of likely N-dealkylation sites (N-methyl/N-ethyl adjacent to an activating group) is 1. The number of pyridine rings is 1. The van der Waals surface area contributed by atoms with Crippen LogP contribution in [0.5, 0.6) is 5.75 Å². The second kappa shape index (κ2) is 5.70. The lowest BCUT2D eigenvalue weighted by Gasteiger charge is -2.14. The van der Waals surface area contributed by atoms with Crippen molar-refractivity contribution in [3.63, 3.8) is 0 Å². The zero-order valence-electron chi connectivity index (χ0n) is 8.74. The SMILES string of the molecule is CCN(C)C(=O)COc1cccnc1Br. The first-order valence-electron chi connectivity index (χ1n) is 4.62. The molecule has 1 aromatic heterocycles. The number of nitrogens with zero attached hydrogens (tertiary/aromatic N) is 2. The van der Waals surface area contributed by atoms with Gasteiger partial charge in [0.15, 0.2) is 12.4 Å². The lowest BCUT2D eigenvalue weighted by Crippen LogP contribution is -2.31. The minimum absolute atomic E-state index is 0.0363. The highest BCUT2D eigenvalue weighted by atomic mass is 79.9. The maximum atomic E-state index is 11.4. The molecule has 5 heteroatoms. The fraction of sp³-hybridized carbons (Fsp3) is 0.400. The largest absolute Gasteiger partial charge is 0.481 e. The van der Waals surface area contributed by atoms with Crippen molar-refractivity contribution in [1.29, 1.82) is 0 Å². The van der Waals surface area contributed by atoms with Crippen molar-refractivity contribution in [3.05, 3.63) is 22.9 Å². The molecule has 1 amide bonds. The van der Waals surface area contributed by atoms with Gasteiger partial charge in [-0.3, -0.25) is 4.79 Å². The van der Waals surface area contributed by atoms with Crippen molar-refractivity contribution in [2.45, 2.75) is 6.92 Å². The van der Waals surface area contributed by atoms with Crippen LogP contribution < -0.4 is 4.74 Å². The summed E-state index contributed by atoms with van der Waals surface area (Å²) in [5.74, 6) is 0.531. The highest BCUT2D eigenvalue weighted by Crippen LogP contribution is 2.20. The smallest absolute Gasteiger partial charge is 0.260 e. The predicted octanol–water partition coefficient (Wildman–Crippen LogP) is 1.70. The number of amides is 1. The molecule has 82 valence electrons. The van der Waals surface area contributed by atoms with Gasteiger partial charge in [0.05, 0.1) is 0 Å². The Morgan fingerprint density at radius 3 is 3.00 bits per heavy atom. The van der Waals surface area contributed by atoms with E-state index in [1.807, 2.05) is 6.92 Å². The molecule has 0 unspecified atom stereocenters. The fourth-order valence-corrected chi connectivity index (χ4v) is 1.27. The number of carbonyl (C=O) groups is 1. The Labute approximate surface area is 97.4 Å². The van der Waals surface area contributed by atoms with E-state index >= 15 is 0 Å². The van der Waals surface area contributed by atoms with Gasteiger partial charge in [-0.25, -0.2) is 4.98 Å². The van der Waals surface area contributed by atoms with Crippen molar-refractivity contribution in [2.24, 2.45) is 0 Å². The van der Waals surface area contributed by atoms with Crippen LogP contribution in [-0.2, 0) is 4.79 Å². The molecule has 0 aliphatic carbocycles. The van der Waals surface area contributed by atoms with Crippen LogP contribution >= 0.6 is 15.9 Å². The third-order valence-corrected chi connectivity index (χ3v) is 2.57. The topological polar surface area (TPSA) is 42.4 Å². The average Bonchev–Trinajstić information content (AvgIpc) is 2.26. The normalized spacial score (nSPS) is 9.80. The monoisotopic (exact) mass is 272 g/mol. The Bertz CT molecular complexity index is 344. The summed E-state index contributed by atoms with van der Waals surface area (Å²) >= 11 is 3.24. The van der Waals surface area contributed by atoms with E-state index in [1.54, 1.807) is 30.3 Å². The van der Waals surface area contributed by atoms with Crippen LogP contribution in [0, 0.1) is 0 Å². The molecule has 4 nitrogen and oxygen atoms in total. The number of hydrogen-bond donors (Lipinski definition) is 0. The lowest BCUT2D eigenvalue weighted by molar-refractivity contribution is -0.131. The van der Waals surface area contributed by atoms with Crippen LogP contribution in [0.1, 0.15) is 6.92 Å². The Hall–Kier alpha value is -1.10. The number of aromatic nitrogens is 1. The van der Waals surface area contributed by atoms with Gasteiger partial charge in [-0.2, -0.15) is 0 Å². The van der Waals surface area contributed by atoms with Crippen molar-refractivity contribution in [3.8, 4) is 5.75 Å². The summed E-state index contributed by atoms with van der Waals surface area (Å²) in [7, 11) is 1.74.